The lowest BCUT2D eigenvalue weighted by Crippen LogP contribution is -2.30. The first-order valence-corrected chi connectivity index (χ1v) is 7.82. The molecule has 0 spiro atoms. The molecule has 1 atom stereocenters. The SMILES string of the molecule is CC1CCCN(CC(=O)c2sccc2Br)CC1. The Labute approximate surface area is 115 Å². The molecule has 0 N–H and O–H groups in total. The lowest BCUT2D eigenvalue weighted by molar-refractivity contribution is 0.0935. The molecule has 1 aromatic heterocycles. The second-order valence-corrected chi connectivity index (χ2v) is 6.60. The fourth-order valence-electron chi connectivity index (χ4n) is 2.25. The predicted molar refractivity (Wildman–Crippen MR) is 75.8 cm³/mol. The van der Waals surface area contributed by atoms with Crippen LogP contribution in [0.1, 0.15) is 35.9 Å². The molecule has 0 amide bonds. The van der Waals surface area contributed by atoms with Crippen LogP contribution in [-0.4, -0.2) is 30.3 Å². The highest BCUT2D eigenvalue weighted by Crippen LogP contribution is 2.24. The summed E-state index contributed by atoms with van der Waals surface area (Å²) in [6.45, 7) is 5.02. The van der Waals surface area contributed by atoms with E-state index in [-0.39, 0.29) is 5.78 Å². The van der Waals surface area contributed by atoms with Crippen LogP contribution in [0.25, 0.3) is 0 Å². The molecule has 1 aliphatic rings. The summed E-state index contributed by atoms with van der Waals surface area (Å²) in [6.07, 6.45) is 3.74. The van der Waals surface area contributed by atoms with Crippen LogP contribution in [-0.2, 0) is 0 Å². The summed E-state index contributed by atoms with van der Waals surface area (Å²) >= 11 is 4.96. The first kappa shape index (κ1) is 13.2. The number of carbonyl (C=O) groups is 1. The van der Waals surface area contributed by atoms with Crippen molar-refractivity contribution in [3.63, 3.8) is 0 Å². The zero-order valence-corrected chi connectivity index (χ0v) is 12.5. The molecule has 1 fully saturated rings. The Bertz CT molecular complexity index is 391. The molecular weight excluding hydrogens is 298 g/mol. The van der Waals surface area contributed by atoms with E-state index in [2.05, 4.69) is 27.8 Å². The van der Waals surface area contributed by atoms with Gasteiger partial charge in [-0.25, -0.2) is 0 Å². The summed E-state index contributed by atoms with van der Waals surface area (Å²) in [4.78, 5) is 15.3. The quantitative estimate of drug-likeness (QED) is 0.790. The number of hydrogen-bond acceptors (Lipinski definition) is 3. The standard InChI is InChI=1S/C13H18BrNOS/c1-10-3-2-6-15(7-4-10)9-12(16)13-11(14)5-8-17-13/h5,8,10H,2-4,6-7,9H2,1H3. The van der Waals surface area contributed by atoms with E-state index in [0.29, 0.717) is 6.54 Å². The largest absolute Gasteiger partial charge is 0.296 e. The van der Waals surface area contributed by atoms with Crippen molar-refractivity contribution < 1.29 is 4.79 Å². The highest BCUT2D eigenvalue weighted by molar-refractivity contribution is 9.10. The number of thiophene rings is 1. The Morgan fingerprint density at radius 1 is 1.53 bits per heavy atom. The van der Waals surface area contributed by atoms with Crippen molar-refractivity contribution in [3.8, 4) is 0 Å². The molecule has 94 valence electrons. The first-order valence-electron chi connectivity index (χ1n) is 6.15. The van der Waals surface area contributed by atoms with Gasteiger partial charge in [-0.1, -0.05) is 6.92 Å². The molecule has 2 rings (SSSR count). The van der Waals surface area contributed by atoms with Crippen molar-refractivity contribution in [1.82, 2.24) is 4.90 Å². The van der Waals surface area contributed by atoms with Crippen LogP contribution in [0, 0.1) is 5.92 Å². The average Bonchev–Trinajstić information content (AvgIpc) is 2.61. The summed E-state index contributed by atoms with van der Waals surface area (Å²) in [5, 5.41) is 1.96. The molecule has 2 nitrogen and oxygen atoms in total. The Morgan fingerprint density at radius 2 is 2.35 bits per heavy atom. The van der Waals surface area contributed by atoms with Crippen molar-refractivity contribution in [1.29, 1.82) is 0 Å². The minimum Gasteiger partial charge on any atom is -0.296 e. The topological polar surface area (TPSA) is 20.3 Å². The van der Waals surface area contributed by atoms with E-state index in [1.165, 1.54) is 30.6 Å². The van der Waals surface area contributed by atoms with Gasteiger partial charge in [-0.15, -0.1) is 11.3 Å². The molecule has 1 aliphatic heterocycles. The first-order chi connectivity index (χ1) is 8.16. The van der Waals surface area contributed by atoms with Gasteiger partial charge in [0.25, 0.3) is 0 Å². The third-order valence-electron chi connectivity index (χ3n) is 3.35. The smallest absolute Gasteiger partial charge is 0.187 e. The maximum absolute atomic E-state index is 12.1. The van der Waals surface area contributed by atoms with Gasteiger partial charge in [-0.2, -0.15) is 0 Å². The van der Waals surface area contributed by atoms with Crippen LogP contribution < -0.4 is 0 Å². The normalized spacial score (nSPS) is 22.4. The maximum Gasteiger partial charge on any atom is 0.187 e. The van der Waals surface area contributed by atoms with Gasteiger partial charge in [0, 0.05) is 4.47 Å². The van der Waals surface area contributed by atoms with E-state index < -0.39 is 0 Å². The second kappa shape index (κ2) is 6.12. The molecule has 0 aromatic carbocycles. The molecule has 4 heteroatoms. The van der Waals surface area contributed by atoms with E-state index in [0.717, 1.165) is 28.4 Å². The number of halogens is 1. The summed E-state index contributed by atoms with van der Waals surface area (Å²) in [5.41, 5.74) is 0. The van der Waals surface area contributed by atoms with Crippen molar-refractivity contribution in [2.75, 3.05) is 19.6 Å². The van der Waals surface area contributed by atoms with Crippen LogP contribution in [0.2, 0.25) is 0 Å². The number of carbonyl (C=O) groups excluding carboxylic acids is 1. The average molecular weight is 316 g/mol. The number of Topliss-reactive ketones (excluding diaryl/α,β-unsaturated/α-hetero) is 1. The number of ketones is 1. The fraction of sp³-hybridized carbons (Fsp3) is 0.615. The molecular formula is C13H18BrNOS. The van der Waals surface area contributed by atoms with Gasteiger partial charge < -0.3 is 0 Å². The van der Waals surface area contributed by atoms with Crippen LogP contribution in [0.3, 0.4) is 0 Å². The van der Waals surface area contributed by atoms with Gasteiger partial charge in [0.15, 0.2) is 5.78 Å². The highest BCUT2D eigenvalue weighted by atomic mass is 79.9. The van der Waals surface area contributed by atoms with Gasteiger partial charge in [-0.05, 0) is 65.6 Å². The van der Waals surface area contributed by atoms with Crippen molar-refractivity contribution in [2.24, 2.45) is 5.92 Å². The zero-order valence-electron chi connectivity index (χ0n) is 10.1. The number of hydrogen-bond donors (Lipinski definition) is 0. The van der Waals surface area contributed by atoms with E-state index in [1.54, 1.807) is 0 Å². The third-order valence-corrected chi connectivity index (χ3v) is 5.23. The minimum atomic E-state index is 0.251. The fourth-order valence-corrected chi connectivity index (χ4v) is 3.77. The molecule has 0 radical (unpaired) electrons. The molecule has 2 heterocycles. The summed E-state index contributed by atoms with van der Waals surface area (Å²) < 4.78 is 0.940. The van der Waals surface area contributed by atoms with Gasteiger partial charge in [-0.3, -0.25) is 9.69 Å². The van der Waals surface area contributed by atoms with Crippen LogP contribution in [0.15, 0.2) is 15.9 Å². The summed E-state index contributed by atoms with van der Waals surface area (Å²) in [5.74, 6) is 1.06. The zero-order chi connectivity index (χ0) is 12.3. The molecule has 1 unspecified atom stereocenters. The Balaban J connectivity index is 1.92. The molecule has 0 saturated carbocycles. The number of rotatable bonds is 3. The van der Waals surface area contributed by atoms with Gasteiger partial charge in [0.05, 0.1) is 11.4 Å². The lowest BCUT2D eigenvalue weighted by atomic mass is 10.0. The van der Waals surface area contributed by atoms with Gasteiger partial charge >= 0.3 is 0 Å². The Morgan fingerprint density at radius 3 is 3.06 bits per heavy atom. The van der Waals surface area contributed by atoms with E-state index >= 15 is 0 Å². The highest BCUT2D eigenvalue weighted by Gasteiger charge is 2.18. The second-order valence-electron chi connectivity index (χ2n) is 4.83. The van der Waals surface area contributed by atoms with Crippen LogP contribution in [0.4, 0.5) is 0 Å². The lowest BCUT2D eigenvalue weighted by Gasteiger charge is -2.18. The molecule has 1 aromatic rings. The van der Waals surface area contributed by atoms with E-state index in [4.69, 9.17) is 0 Å². The molecule has 17 heavy (non-hydrogen) atoms. The molecule has 0 aliphatic carbocycles. The van der Waals surface area contributed by atoms with Gasteiger partial charge in [0.1, 0.15) is 0 Å². The Hall–Kier alpha value is -0.190. The monoisotopic (exact) mass is 315 g/mol. The minimum absolute atomic E-state index is 0.251. The van der Waals surface area contributed by atoms with Crippen LogP contribution >= 0.6 is 27.3 Å². The summed E-state index contributed by atoms with van der Waals surface area (Å²) in [6, 6.07) is 1.95. The summed E-state index contributed by atoms with van der Waals surface area (Å²) in [7, 11) is 0. The van der Waals surface area contributed by atoms with E-state index in [1.807, 2.05) is 11.4 Å². The predicted octanol–water partition coefficient (Wildman–Crippen LogP) is 3.82. The molecule has 1 saturated heterocycles. The van der Waals surface area contributed by atoms with Crippen LogP contribution in [0.5, 0.6) is 0 Å². The van der Waals surface area contributed by atoms with Crippen molar-refractivity contribution in [3.05, 3.63) is 20.8 Å². The number of nitrogens with zero attached hydrogens (tertiary/aromatic N) is 1. The third kappa shape index (κ3) is 3.63. The van der Waals surface area contributed by atoms with Crippen molar-refractivity contribution >= 4 is 33.0 Å². The van der Waals surface area contributed by atoms with Crippen molar-refractivity contribution in [2.45, 2.75) is 26.2 Å². The number of likely N-dealkylation sites (tertiary alicyclic amines) is 1. The molecule has 0 bridgehead atoms. The van der Waals surface area contributed by atoms with Gasteiger partial charge in [0.2, 0.25) is 0 Å². The Kier molecular flexibility index (Phi) is 4.77. The maximum atomic E-state index is 12.1. The van der Waals surface area contributed by atoms with E-state index in [9.17, 15) is 4.79 Å².